The molecule has 6 heteroatoms. The first kappa shape index (κ1) is 15.9. The Morgan fingerprint density at radius 1 is 1.10 bits per heavy atom. The molecule has 1 N–H and O–H groups in total. The first-order valence-corrected chi connectivity index (χ1v) is 9.58. The highest BCUT2D eigenvalue weighted by atomic mass is 79.9. The minimum atomic E-state index is -3.41. The van der Waals surface area contributed by atoms with Gasteiger partial charge in [0.1, 0.15) is 0 Å². The van der Waals surface area contributed by atoms with Crippen LogP contribution < -0.4 is 4.72 Å². The van der Waals surface area contributed by atoms with Crippen LogP contribution >= 0.6 is 15.9 Å². The number of alkyl halides is 1. The summed E-state index contributed by atoms with van der Waals surface area (Å²) in [6.07, 6.45) is 4.13. The van der Waals surface area contributed by atoms with E-state index in [1.54, 1.807) is 4.31 Å². The van der Waals surface area contributed by atoms with E-state index in [0.29, 0.717) is 18.4 Å². The second-order valence-corrected chi connectivity index (χ2v) is 7.40. The van der Waals surface area contributed by atoms with Crippen LogP contribution in [-0.4, -0.2) is 31.1 Å². The fraction of sp³-hybridized carbons (Fsp3) is 0.571. The molecule has 0 bridgehead atoms. The van der Waals surface area contributed by atoms with Gasteiger partial charge in [0.15, 0.2) is 0 Å². The predicted octanol–water partition coefficient (Wildman–Crippen LogP) is 2.83. The summed E-state index contributed by atoms with van der Waals surface area (Å²) >= 11 is 3.40. The number of halogens is 1. The van der Waals surface area contributed by atoms with Crippen LogP contribution in [0.1, 0.15) is 37.3 Å². The van der Waals surface area contributed by atoms with Gasteiger partial charge >= 0.3 is 0 Å². The number of nitrogens with one attached hydrogen (secondary N) is 1. The molecule has 20 heavy (non-hydrogen) atoms. The van der Waals surface area contributed by atoms with Crippen LogP contribution in [0.4, 0.5) is 0 Å². The molecule has 1 fully saturated rings. The molecule has 112 valence electrons. The standard InChI is InChI=1S/C14H21BrN2O2S/c15-12-14(13-8-4-3-5-9-13)16-20(18,19)17-10-6-1-2-7-11-17/h3-5,8-9,14,16H,1-2,6-7,10-12H2. The summed E-state index contributed by atoms with van der Waals surface area (Å²) in [7, 11) is -3.41. The van der Waals surface area contributed by atoms with Gasteiger partial charge in [-0.1, -0.05) is 59.1 Å². The molecule has 0 amide bonds. The van der Waals surface area contributed by atoms with Gasteiger partial charge in [0, 0.05) is 18.4 Å². The zero-order valence-electron chi connectivity index (χ0n) is 11.5. The van der Waals surface area contributed by atoms with E-state index >= 15 is 0 Å². The Hall–Kier alpha value is -0.430. The number of hydrogen-bond donors (Lipinski definition) is 1. The van der Waals surface area contributed by atoms with E-state index in [4.69, 9.17) is 0 Å². The van der Waals surface area contributed by atoms with E-state index in [9.17, 15) is 8.42 Å². The summed E-state index contributed by atoms with van der Waals surface area (Å²) in [5.41, 5.74) is 0.975. The third-order valence-electron chi connectivity index (χ3n) is 3.55. The zero-order chi connectivity index (χ0) is 14.4. The quantitative estimate of drug-likeness (QED) is 0.820. The molecule has 0 saturated carbocycles. The Morgan fingerprint density at radius 3 is 2.25 bits per heavy atom. The minimum Gasteiger partial charge on any atom is -0.195 e. The smallest absolute Gasteiger partial charge is 0.195 e. The zero-order valence-corrected chi connectivity index (χ0v) is 13.9. The maximum Gasteiger partial charge on any atom is 0.280 e. The first-order chi connectivity index (χ1) is 9.63. The average Bonchev–Trinajstić information content (AvgIpc) is 2.75. The summed E-state index contributed by atoms with van der Waals surface area (Å²) < 4.78 is 29.3. The van der Waals surface area contributed by atoms with E-state index in [0.717, 1.165) is 31.2 Å². The number of nitrogens with zero attached hydrogens (tertiary/aromatic N) is 1. The SMILES string of the molecule is O=S(=O)(NC(CBr)c1ccccc1)N1CCCCCC1. The van der Waals surface area contributed by atoms with E-state index in [2.05, 4.69) is 20.7 Å². The van der Waals surface area contributed by atoms with Crippen LogP contribution in [0.5, 0.6) is 0 Å². The maximum absolute atomic E-state index is 12.5. The van der Waals surface area contributed by atoms with Crippen molar-refractivity contribution in [2.45, 2.75) is 31.7 Å². The monoisotopic (exact) mass is 360 g/mol. The van der Waals surface area contributed by atoms with Crippen LogP contribution in [-0.2, 0) is 10.2 Å². The number of benzene rings is 1. The van der Waals surface area contributed by atoms with Crippen molar-refractivity contribution in [2.75, 3.05) is 18.4 Å². The molecular formula is C14H21BrN2O2S. The van der Waals surface area contributed by atoms with Crippen LogP contribution in [0.15, 0.2) is 30.3 Å². The van der Waals surface area contributed by atoms with Crippen molar-refractivity contribution in [1.82, 2.24) is 9.03 Å². The molecule has 1 unspecified atom stereocenters. The van der Waals surface area contributed by atoms with Crippen LogP contribution in [0, 0.1) is 0 Å². The van der Waals surface area contributed by atoms with E-state index < -0.39 is 10.2 Å². The van der Waals surface area contributed by atoms with Crippen molar-refractivity contribution in [3.63, 3.8) is 0 Å². The van der Waals surface area contributed by atoms with Gasteiger partial charge in [0.2, 0.25) is 0 Å². The molecule has 1 saturated heterocycles. The lowest BCUT2D eigenvalue weighted by Crippen LogP contribution is -2.43. The molecule has 0 aliphatic carbocycles. The average molecular weight is 361 g/mol. The summed E-state index contributed by atoms with van der Waals surface area (Å²) in [5.74, 6) is 0. The van der Waals surface area contributed by atoms with Gasteiger partial charge in [0.25, 0.3) is 10.2 Å². The second kappa shape index (κ2) is 7.54. The van der Waals surface area contributed by atoms with Crippen molar-refractivity contribution in [3.8, 4) is 0 Å². The topological polar surface area (TPSA) is 49.4 Å². The molecule has 1 aliphatic rings. The van der Waals surface area contributed by atoms with Crippen LogP contribution in [0.2, 0.25) is 0 Å². The molecule has 0 radical (unpaired) electrons. The molecule has 1 heterocycles. The predicted molar refractivity (Wildman–Crippen MR) is 85.1 cm³/mol. The molecule has 1 aromatic carbocycles. The largest absolute Gasteiger partial charge is 0.280 e. The fourth-order valence-corrected chi connectivity index (χ4v) is 4.63. The Labute approximate surface area is 129 Å². The maximum atomic E-state index is 12.5. The normalized spacial score (nSPS) is 19.4. The summed E-state index contributed by atoms with van der Waals surface area (Å²) in [4.78, 5) is 0. The van der Waals surface area contributed by atoms with Crippen molar-refractivity contribution in [2.24, 2.45) is 0 Å². The molecule has 2 rings (SSSR count). The van der Waals surface area contributed by atoms with Crippen LogP contribution in [0.25, 0.3) is 0 Å². The lowest BCUT2D eigenvalue weighted by atomic mass is 10.1. The molecule has 0 spiro atoms. The van der Waals surface area contributed by atoms with Crippen LogP contribution in [0.3, 0.4) is 0 Å². The third-order valence-corrected chi connectivity index (χ3v) is 5.83. The lowest BCUT2D eigenvalue weighted by Gasteiger charge is -2.24. The summed E-state index contributed by atoms with van der Waals surface area (Å²) in [6.45, 7) is 1.25. The Morgan fingerprint density at radius 2 is 1.70 bits per heavy atom. The molecule has 1 atom stereocenters. The molecule has 1 aliphatic heterocycles. The van der Waals surface area contributed by atoms with Gasteiger partial charge in [-0.2, -0.15) is 17.4 Å². The second-order valence-electron chi connectivity index (χ2n) is 5.05. The van der Waals surface area contributed by atoms with Crippen molar-refractivity contribution >= 4 is 26.1 Å². The Bertz CT molecular complexity index is 499. The van der Waals surface area contributed by atoms with E-state index in [1.807, 2.05) is 30.3 Å². The summed E-state index contributed by atoms with van der Waals surface area (Å²) in [5, 5.41) is 0.560. The third kappa shape index (κ3) is 4.28. The van der Waals surface area contributed by atoms with Gasteiger partial charge in [-0.25, -0.2) is 0 Å². The van der Waals surface area contributed by atoms with E-state index in [-0.39, 0.29) is 6.04 Å². The minimum absolute atomic E-state index is 0.232. The van der Waals surface area contributed by atoms with E-state index in [1.165, 1.54) is 0 Å². The number of hydrogen-bond acceptors (Lipinski definition) is 2. The fourth-order valence-electron chi connectivity index (χ4n) is 2.41. The summed E-state index contributed by atoms with van der Waals surface area (Å²) in [6, 6.07) is 9.42. The highest BCUT2D eigenvalue weighted by Gasteiger charge is 2.26. The van der Waals surface area contributed by atoms with Crippen molar-refractivity contribution in [1.29, 1.82) is 0 Å². The lowest BCUT2D eigenvalue weighted by molar-refractivity contribution is 0.410. The number of rotatable bonds is 5. The van der Waals surface area contributed by atoms with Gasteiger partial charge in [0.05, 0.1) is 6.04 Å². The molecule has 1 aromatic rings. The Kier molecular flexibility index (Phi) is 6.01. The first-order valence-electron chi connectivity index (χ1n) is 7.02. The highest BCUT2D eigenvalue weighted by Crippen LogP contribution is 2.19. The molecular weight excluding hydrogens is 340 g/mol. The van der Waals surface area contributed by atoms with Gasteiger partial charge in [-0.3, -0.25) is 0 Å². The Balaban J connectivity index is 2.09. The molecule has 0 aromatic heterocycles. The highest BCUT2D eigenvalue weighted by molar-refractivity contribution is 9.09. The van der Waals surface area contributed by atoms with Gasteiger partial charge in [-0.05, 0) is 18.4 Å². The molecule has 4 nitrogen and oxygen atoms in total. The van der Waals surface area contributed by atoms with Gasteiger partial charge in [-0.15, -0.1) is 0 Å². The van der Waals surface area contributed by atoms with Gasteiger partial charge < -0.3 is 0 Å². The van der Waals surface area contributed by atoms with Crippen molar-refractivity contribution < 1.29 is 8.42 Å². The van der Waals surface area contributed by atoms with Crippen molar-refractivity contribution in [3.05, 3.63) is 35.9 Å².